The van der Waals surface area contributed by atoms with Gasteiger partial charge in [-0.1, -0.05) is 42.8 Å². The smallest absolute Gasteiger partial charge is 0.118 e. The molecule has 0 bridgehead atoms. The van der Waals surface area contributed by atoms with Gasteiger partial charge in [-0.15, -0.1) is 0 Å². The summed E-state index contributed by atoms with van der Waals surface area (Å²) in [6.07, 6.45) is 4.05. The van der Waals surface area contributed by atoms with Crippen LogP contribution in [-0.4, -0.2) is 7.11 Å². The molecule has 2 nitrogen and oxygen atoms in total. The van der Waals surface area contributed by atoms with Gasteiger partial charge in [0.2, 0.25) is 0 Å². The third-order valence-corrected chi connectivity index (χ3v) is 4.35. The second-order valence-corrected chi connectivity index (χ2v) is 5.55. The van der Waals surface area contributed by atoms with E-state index in [-0.39, 0.29) is 6.04 Å². The first-order valence-corrected chi connectivity index (χ1v) is 7.27. The molecule has 2 N–H and O–H groups in total. The molecule has 0 amide bonds. The van der Waals surface area contributed by atoms with Crippen molar-refractivity contribution in [2.24, 2.45) is 5.73 Å². The molecule has 1 unspecified atom stereocenters. The fourth-order valence-corrected chi connectivity index (χ4v) is 2.72. The highest BCUT2D eigenvalue weighted by atomic mass is 16.5. The minimum Gasteiger partial charge on any atom is -0.497 e. The molecule has 1 saturated carbocycles. The lowest BCUT2D eigenvalue weighted by atomic mass is 9.79. The summed E-state index contributed by atoms with van der Waals surface area (Å²) in [5, 5.41) is 0. The molecule has 3 rings (SSSR count). The van der Waals surface area contributed by atoms with Crippen LogP contribution in [0.15, 0.2) is 48.5 Å². The zero-order valence-electron chi connectivity index (χ0n) is 11.9. The van der Waals surface area contributed by atoms with E-state index in [2.05, 4.69) is 24.3 Å². The number of ether oxygens (including phenoxy) is 1. The maximum atomic E-state index is 6.34. The minimum absolute atomic E-state index is 0.0728. The summed E-state index contributed by atoms with van der Waals surface area (Å²) in [7, 11) is 1.67. The molecule has 2 heteroatoms. The summed E-state index contributed by atoms with van der Waals surface area (Å²) in [5.74, 6) is 1.64. The fraction of sp³-hybridized carbons (Fsp3) is 0.333. The number of methoxy groups -OCH3 is 1. The van der Waals surface area contributed by atoms with Gasteiger partial charge in [-0.2, -0.15) is 0 Å². The number of hydrogen-bond donors (Lipinski definition) is 1. The largest absolute Gasteiger partial charge is 0.497 e. The monoisotopic (exact) mass is 267 g/mol. The van der Waals surface area contributed by atoms with Crippen molar-refractivity contribution in [3.05, 3.63) is 65.2 Å². The van der Waals surface area contributed by atoms with Gasteiger partial charge in [0.25, 0.3) is 0 Å². The molecule has 0 saturated heterocycles. The van der Waals surface area contributed by atoms with E-state index in [9.17, 15) is 0 Å². The number of hydrogen-bond acceptors (Lipinski definition) is 2. The van der Waals surface area contributed by atoms with Crippen LogP contribution in [0.4, 0.5) is 0 Å². The summed E-state index contributed by atoms with van der Waals surface area (Å²) < 4.78 is 5.17. The molecule has 104 valence electrons. The summed E-state index contributed by atoms with van der Waals surface area (Å²) >= 11 is 0. The fourth-order valence-electron chi connectivity index (χ4n) is 2.72. The van der Waals surface area contributed by atoms with Crippen LogP contribution in [0.25, 0.3) is 0 Å². The Morgan fingerprint density at radius 1 is 0.950 bits per heavy atom. The molecule has 0 heterocycles. The van der Waals surface area contributed by atoms with Crippen LogP contribution in [0.5, 0.6) is 5.75 Å². The van der Waals surface area contributed by atoms with Gasteiger partial charge >= 0.3 is 0 Å². The molecule has 20 heavy (non-hydrogen) atoms. The van der Waals surface area contributed by atoms with Crippen molar-refractivity contribution in [3.63, 3.8) is 0 Å². The molecular formula is C18H21NO. The van der Waals surface area contributed by atoms with Crippen molar-refractivity contribution < 1.29 is 4.74 Å². The minimum atomic E-state index is -0.0728. The van der Waals surface area contributed by atoms with Crippen molar-refractivity contribution in [1.82, 2.24) is 0 Å². The first-order valence-electron chi connectivity index (χ1n) is 7.27. The van der Waals surface area contributed by atoms with Gasteiger partial charge in [0.1, 0.15) is 5.75 Å². The lowest BCUT2D eigenvalue weighted by Gasteiger charge is -2.26. The SMILES string of the molecule is COc1ccc(C(N)c2ccc(C3CCC3)cc2)cc1. The number of nitrogens with two attached hydrogens (primary N) is 1. The van der Waals surface area contributed by atoms with E-state index in [1.165, 1.54) is 30.4 Å². The number of rotatable bonds is 4. The van der Waals surface area contributed by atoms with Crippen molar-refractivity contribution in [2.75, 3.05) is 7.11 Å². The molecule has 2 aromatic rings. The predicted octanol–water partition coefficient (Wildman–Crippen LogP) is 4.01. The molecule has 0 aromatic heterocycles. The highest BCUT2D eigenvalue weighted by molar-refractivity contribution is 5.36. The van der Waals surface area contributed by atoms with Crippen LogP contribution in [0, 0.1) is 0 Å². The van der Waals surface area contributed by atoms with E-state index >= 15 is 0 Å². The maximum absolute atomic E-state index is 6.34. The van der Waals surface area contributed by atoms with Crippen molar-refractivity contribution >= 4 is 0 Å². The number of benzene rings is 2. The third kappa shape index (κ3) is 2.56. The lowest BCUT2D eigenvalue weighted by molar-refractivity contribution is 0.414. The quantitative estimate of drug-likeness (QED) is 0.908. The van der Waals surface area contributed by atoms with Crippen LogP contribution in [0.3, 0.4) is 0 Å². The van der Waals surface area contributed by atoms with Crippen LogP contribution >= 0.6 is 0 Å². The van der Waals surface area contributed by atoms with Gasteiger partial charge in [0.05, 0.1) is 13.2 Å². The van der Waals surface area contributed by atoms with E-state index in [4.69, 9.17) is 10.5 Å². The van der Waals surface area contributed by atoms with Gasteiger partial charge in [-0.05, 0) is 47.6 Å². The van der Waals surface area contributed by atoms with E-state index in [1.807, 2.05) is 24.3 Å². The van der Waals surface area contributed by atoms with Crippen LogP contribution < -0.4 is 10.5 Å². The zero-order chi connectivity index (χ0) is 13.9. The molecule has 1 atom stereocenters. The van der Waals surface area contributed by atoms with Crippen LogP contribution in [-0.2, 0) is 0 Å². The predicted molar refractivity (Wildman–Crippen MR) is 82.1 cm³/mol. The van der Waals surface area contributed by atoms with E-state index in [0.717, 1.165) is 17.2 Å². The molecule has 0 spiro atoms. The third-order valence-electron chi connectivity index (χ3n) is 4.35. The first-order chi connectivity index (χ1) is 9.78. The van der Waals surface area contributed by atoms with E-state index < -0.39 is 0 Å². The Morgan fingerprint density at radius 2 is 1.50 bits per heavy atom. The normalized spacial score (nSPS) is 16.5. The Hall–Kier alpha value is -1.80. The van der Waals surface area contributed by atoms with Gasteiger partial charge in [0, 0.05) is 0 Å². The molecular weight excluding hydrogens is 246 g/mol. The standard InChI is InChI=1S/C18H21NO/c1-20-17-11-9-16(10-12-17)18(19)15-7-5-14(6-8-15)13-3-2-4-13/h5-13,18H,2-4,19H2,1H3. The summed E-state index contributed by atoms with van der Waals surface area (Å²) in [6, 6.07) is 16.7. The Labute approximate surface area is 120 Å². The van der Waals surface area contributed by atoms with Gasteiger partial charge < -0.3 is 10.5 Å². The van der Waals surface area contributed by atoms with Crippen LogP contribution in [0.2, 0.25) is 0 Å². The first kappa shape index (κ1) is 13.2. The van der Waals surface area contributed by atoms with Crippen LogP contribution in [0.1, 0.15) is 47.9 Å². The second-order valence-electron chi connectivity index (χ2n) is 5.55. The van der Waals surface area contributed by atoms with Crippen molar-refractivity contribution in [3.8, 4) is 5.75 Å². The average molecular weight is 267 g/mol. The van der Waals surface area contributed by atoms with Gasteiger partial charge in [-0.3, -0.25) is 0 Å². The van der Waals surface area contributed by atoms with Crippen molar-refractivity contribution in [1.29, 1.82) is 0 Å². The second kappa shape index (κ2) is 5.68. The molecule has 1 fully saturated rings. The topological polar surface area (TPSA) is 35.2 Å². The molecule has 2 aromatic carbocycles. The molecule has 0 aliphatic heterocycles. The lowest BCUT2D eigenvalue weighted by Crippen LogP contribution is -2.13. The van der Waals surface area contributed by atoms with Crippen molar-refractivity contribution in [2.45, 2.75) is 31.2 Å². The van der Waals surface area contributed by atoms with E-state index in [0.29, 0.717) is 0 Å². The Bertz CT molecular complexity index is 555. The Balaban J connectivity index is 1.76. The molecule has 1 aliphatic rings. The van der Waals surface area contributed by atoms with E-state index in [1.54, 1.807) is 7.11 Å². The summed E-state index contributed by atoms with van der Waals surface area (Å²) in [4.78, 5) is 0. The summed E-state index contributed by atoms with van der Waals surface area (Å²) in [6.45, 7) is 0. The maximum Gasteiger partial charge on any atom is 0.118 e. The molecule has 0 radical (unpaired) electrons. The average Bonchev–Trinajstić information content (AvgIpc) is 2.46. The Kier molecular flexibility index (Phi) is 3.75. The highest BCUT2D eigenvalue weighted by Crippen LogP contribution is 2.36. The highest BCUT2D eigenvalue weighted by Gasteiger charge is 2.19. The van der Waals surface area contributed by atoms with Gasteiger partial charge in [-0.25, -0.2) is 0 Å². The Morgan fingerprint density at radius 3 is 1.95 bits per heavy atom. The van der Waals surface area contributed by atoms with Gasteiger partial charge in [0.15, 0.2) is 0 Å². The summed E-state index contributed by atoms with van der Waals surface area (Å²) in [5.41, 5.74) is 10.1. The zero-order valence-corrected chi connectivity index (χ0v) is 11.9. The molecule has 1 aliphatic carbocycles.